The molecule has 10 heteroatoms. The number of carbonyl (C=O) groups excluding carboxylic acids is 2. The summed E-state index contributed by atoms with van der Waals surface area (Å²) in [7, 11) is -3.86. The Labute approximate surface area is 116 Å². The van der Waals surface area contributed by atoms with Gasteiger partial charge in [0, 0.05) is 19.3 Å². The number of carbonyl (C=O) groups is 3. The summed E-state index contributed by atoms with van der Waals surface area (Å²) in [5, 5.41) is 11.7. The predicted molar refractivity (Wildman–Crippen MR) is 70.6 cm³/mol. The second kappa shape index (κ2) is 7.80. The van der Waals surface area contributed by atoms with E-state index in [9.17, 15) is 22.8 Å². The summed E-state index contributed by atoms with van der Waals surface area (Å²) in [6.07, 6.45) is 0.0807. The Kier molecular flexibility index (Phi) is 7.14. The molecule has 0 aliphatic rings. The molecule has 0 aliphatic heterocycles. The summed E-state index contributed by atoms with van der Waals surface area (Å²) < 4.78 is 22.3. The third-order valence-electron chi connectivity index (χ3n) is 2.32. The first-order chi connectivity index (χ1) is 9.05. The van der Waals surface area contributed by atoms with Crippen LogP contribution in [0.2, 0.25) is 0 Å². The van der Waals surface area contributed by atoms with E-state index in [1.54, 1.807) is 0 Å². The van der Waals surface area contributed by atoms with E-state index in [2.05, 4.69) is 10.6 Å². The fourth-order valence-electron chi connectivity index (χ4n) is 1.21. The van der Waals surface area contributed by atoms with Crippen molar-refractivity contribution in [3.05, 3.63) is 0 Å². The van der Waals surface area contributed by atoms with E-state index < -0.39 is 45.3 Å². The minimum Gasteiger partial charge on any atom is -0.480 e. The largest absolute Gasteiger partial charge is 0.480 e. The molecule has 0 bridgehead atoms. The van der Waals surface area contributed by atoms with Crippen molar-refractivity contribution in [1.29, 1.82) is 0 Å². The van der Waals surface area contributed by atoms with E-state index in [0.717, 1.165) is 6.26 Å². The van der Waals surface area contributed by atoms with E-state index in [1.807, 2.05) is 0 Å². The molecular formula is C10H19N3O6S. The number of hydrogen-bond donors (Lipinski definition) is 4. The van der Waals surface area contributed by atoms with Gasteiger partial charge in [0.25, 0.3) is 0 Å². The molecule has 2 atom stereocenters. The number of rotatable bonds is 8. The van der Waals surface area contributed by atoms with Gasteiger partial charge in [-0.2, -0.15) is 0 Å². The normalized spacial score (nSPS) is 14.2. The summed E-state index contributed by atoms with van der Waals surface area (Å²) in [5.41, 5.74) is 5.29. The molecular weight excluding hydrogens is 290 g/mol. The maximum absolute atomic E-state index is 11.4. The Morgan fingerprint density at radius 1 is 1.20 bits per heavy atom. The van der Waals surface area contributed by atoms with E-state index in [0.29, 0.717) is 0 Å². The molecule has 0 heterocycles. The molecule has 0 aliphatic carbocycles. The first-order valence-electron chi connectivity index (χ1n) is 5.77. The second-order valence-corrected chi connectivity index (χ2v) is 6.52. The Balaban J connectivity index is 4.17. The fourth-order valence-corrected chi connectivity index (χ4v) is 2.03. The number of aliphatic carboxylic acids is 1. The maximum atomic E-state index is 11.4. The van der Waals surface area contributed by atoms with Gasteiger partial charge in [0.1, 0.15) is 0 Å². The lowest BCUT2D eigenvalue weighted by Crippen LogP contribution is -2.43. The van der Waals surface area contributed by atoms with E-state index in [-0.39, 0.29) is 13.1 Å². The van der Waals surface area contributed by atoms with Crippen molar-refractivity contribution in [3.8, 4) is 0 Å². The Morgan fingerprint density at radius 3 is 2.10 bits per heavy atom. The molecule has 0 saturated heterocycles. The SMILES string of the molecule is C[C@H](N)C(=O)NCCNC(=O)CC(C(=O)O)S(C)(=O)=O. The molecule has 0 aromatic heterocycles. The third kappa shape index (κ3) is 7.04. The van der Waals surface area contributed by atoms with E-state index >= 15 is 0 Å². The average Bonchev–Trinajstić information content (AvgIpc) is 2.29. The van der Waals surface area contributed by atoms with Gasteiger partial charge < -0.3 is 21.5 Å². The molecule has 0 spiro atoms. The lowest BCUT2D eigenvalue weighted by atomic mass is 10.3. The summed E-state index contributed by atoms with van der Waals surface area (Å²) in [6, 6.07) is -0.674. The van der Waals surface area contributed by atoms with Crippen LogP contribution in [0.5, 0.6) is 0 Å². The molecule has 0 radical (unpaired) electrons. The molecule has 0 aromatic carbocycles. The first-order valence-corrected chi connectivity index (χ1v) is 7.72. The Bertz CT molecular complexity index is 473. The Morgan fingerprint density at radius 2 is 1.70 bits per heavy atom. The number of nitrogens with two attached hydrogens (primary N) is 1. The zero-order valence-electron chi connectivity index (χ0n) is 11.3. The molecule has 0 fully saturated rings. The summed E-state index contributed by atoms with van der Waals surface area (Å²) in [4.78, 5) is 33.2. The number of hydrogen-bond acceptors (Lipinski definition) is 6. The molecule has 20 heavy (non-hydrogen) atoms. The van der Waals surface area contributed by atoms with Crippen molar-refractivity contribution < 1.29 is 27.9 Å². The highest BCUT2D eigenvalue weighted by Gasteiger charge is 2.30. The van der Waals surface area contributed by atoms with Gasteiger partial charge in [0.2, 0.25) is 11.8 Å². The van der Waals surface area contributed by atoms with E-state index in [1.165, 1.54) is 6.92 Å². The van der Waals surface area contributed by atoms with Gasteiger partial charge in [-0.1, -0.05) is 0 Å². The molecule has 0 saturated carbocycles. The monoisotopic (exact) mass is 309 g/mol. The minimum atomic E-state index is -3.86. The van der Waals surface area contributed by atoms with Crippen molar-refractivity contribution in [2.45, 2.75) is 24.6 Å². The minimum absolute atomic E-state index is 0.0490. The maximum Gasteiger partial charge on any atom is 0.322 e. The van der Waals surface area contributed by atoms with Crippen LogP contribution in [0.1, 0.15) is 13.3 Å². The molecule has 116 valence electrons. The highest BCUT2D eigenvalue weighted by molar-refractivity contribution is 7.92. The van der Waals surface area contributed by atoms with Crippen molar-refractivity contribution in [2.24, 2.45) is 5.73 Å². The molecule has 5 N–H and O–H groups in total. The molecule has 1 unspecified atom stereocenters. The van der Waals surface area contributed by atoms with Crippen molar-refractivity contribution >= 4 is 27.6 Å². The average molecular weight is 309 g/mol. The zero-order chi connectivity index (χ0) is 15.9. The van der Waals surface area contributed by atoms with Crippen LogP contribution in [0.3, 0.4) is 0 Å². The second-order valence-electron chi connectivity index (χ2n) is 4.29. The number of amides is 2. The molecule has 0 aromatic rings. The van der Waals surface area contributed by atoms with Gasteiger partial charge in [-0.25, -0.2) is 8.42 Å². The topological polar surface area (TPSA) is 156 Å². The van der Waals surface area contributed by atoms with Crippen LogP contribution >= 0.6 is 0 Å². The van der Waals surface area contributed by atoms with Crippen LogP contribution in [-0.2, 0) is 24.2 Å². The Hall–Kier alpha value is -1.68. The van der Waals surface area contributed by atoms with Crippen molar-refractivity contribution in [2.75, 3.05) is 19.3 Å². The number of carboxylic acid groups (broad SMARTS) is 1. The number of nitrogens with one attached hydrogen (secondary N) is 2. The van der Waals surface area contributed by atoms with Crippen LogP contribution in [0.15, 0.2) is 0 Å². The predicted octanol–water partition coefficient (Wildman–Crippen LogP) is -2.55. The van der Waals surface area contributed by atoms with Crippen LogP contribution in [0.4, 0.5) is 0 Å². The molecule has 2 amide bonds. The smallest absolute Gasteiger partial charge is 0.322 e. The highest BCUT2D eigenvalue weighted by atomic mass is 32.2. The lowest BCUT2D eigenvalue weighted by molar-refractivity contribution is -0.138. The van der Waals surface area contributed by atoms with Crippen molar-refractivity contribution in [1.82, 2.24) is 10.6 Å². The first kappa shape index (κ1) is 18.3. The zero-order valence-corrected chi connectivity index (χ0v) is 12.1. The lowest BCUT2D eigenvalue weighted by Gasteiger charge is -2.11. The van der Waals surface area contributed by atoms with Gasteiger partial charge >= 0.3 is 5.97 Å². The number of carboxylic acids is 1. The van der Waals surface area contributed by atoms with Crippen LogP contribution in [0.25, 0.3) is 0 Å². The highest BCUT2D eigenvalue weighted by Crippen LogP contribution is 2.04. The standard InChI is InChI=1S/C10H19N3O6S/c1-6(11)9(15)13-4-3-12-8(14)5-7(10(16)17)20(2,18)19/h6-7H,3-5,11H2,1-2H3,(H,12,14)(H,13,15)(H,16,17)/t6-,7?/m0/s1. The quantitative estimate of drug-likeness (QED) is 0.360. The van der Waals surface area contributed by atoms with Crippen molar-refractivity contribution in [3.63, 3.8) is 0 Å². The number of sulfone groups is 1. The van der Waals surface area contributed by atoms with Gasteiger partial charge in [-0.3, -0.25) is 14.4 Å². The van der Waals surface area contributed by atoms with Crippen LogP contribution in [-0.4, -0.2) is 61.9 Å². The summed E-state index contributed by atoms with van der Waals surface area (Å²) >= 11 is 0. The fraction of sp³-hybridized carbons (Fsp3) is 0.700. The van der Waals surface area contributed by atoms with Gasteiger partial charge in [-0.05, 0) is 6.92 Å². The van der Waals surface area contributed by atoms with Gasteiger partial charge in [-0.15, -0.1) is 0 Å². The third-order valence-corrected chi connectivity index (χ3v) is 3.72. The summed E-state index contributed by atoms with van der Waals surface area (Å²) in [5.74, 6) is -2.69. The summed E-state index contributed by atoms with van der Waals surface area (Å²) in [6.45, 7) is 1.66. The van der Waals surface area contributed by atoms with Gasteiger partial charge in [0.05, 0.1) is 12.5 Å². The molecule has 9 nitrogen and oxygen atoms in total. The molecule has 0 rings (SSSR count). The van der Waals surface area contributed by atoms with Gasteiger partial charge in [0.15, 0.2) is 15.1 Å². The van der Waals surface area contributed by atoms with E-state index in [4.69, 9.17) is 10.8 Å². The van der Waals surface area contributed by atoms with Crippen LogP contribution < -0.4 is 16.4 Å². The van der Waals surface area contributed by atoms with Crippen LogP contribution in [0, 0.1) is 0 Å².